The fourth-order valence-electron chi connectivity index (χ4n) is 1.47. The molecule has 0 aliphatic heterocycles. The normalized spacial score (nSPS) is 13.5. The van der Waals surface area contributed by atoms with Crippen molar-refractivity contribution in [3.8, 4) is 0 Å². The molecular weight excluding hydrogens is 274 g/mol. The lowest BCUT2D eigenvalue weighted by Gasteiger charge is -2.11. The number of anilines is 1. The van der Waals surface area contributed by atoms with E-state index in [0.29, 0.717) is 12.2 Å². The van der Waals surface area contributed by atoms with Gasteiger partial charge in [0.2, 0.25) is 9.84 Å². The van der Waals surface area contributed by atoms with Crippen LogP contribution in [0.5, 0.6) is 0 Å². The largest absolute Gasteiger partial charge is 0.385 e. The molecule has 1 atom stereocenters. The molecule has 7 heteroatoms. The van der Waals surface area contributed by atoms with Crippen LogP contribution in [0.3, 0.4) is 0 Å². The highest BCUT2D eigenvalue weighted by molar-refractivity contribution is 7.91. The van der Waals surface area contributed by atoms with E-state index < -0.39 is 15.6 Å². The number of hydrogen-bond acceptors (Lipinski definition) is 4. The van der Waals surface area contributed by atoms with E-state index in [1.54, 1.807) is 0 Å². The second-order valence-electron chi connectivity index (χ2n) is 4.21. The maximum Gasteiger partial charge on any atom is 0.341 e. The summed E-state index contributed by atoms with van der Waals surface area (Å²) in [4.78, 5) is -0.377. The highest BCUT2D eigenvalue weighted by Gasteiger charge is 2.26. The summed E-state index contributed by atoms with van der Waals surface area (Å²) in [5.74, 6) is -3.39. The Hall–Kier alpha value is -1.21. The van der Waals surface area contributed by atoms with E-state index in [4.69, 9.17) is 5.73 Å². The molecule has 1 aromatic rings. The maximum atomic E-state index is 12.3. The summed E-state index contributed by atoms with van der Waals surface area (Å²) >= 11 is 0. The Bertz CT molecular complexity index is 489. The van der Waals surface area contributed by atoms with Crippen LogP contribution in [0.4, 0.5) is 14.5 Å². The molecule has 0 aliphatic rings. The van der Waals surface area contributed by atoms with Crippen LogP contribution in [0, 0.1) is 0 Å². The molecule has 3 N–H and O–H groups in total. The molecule has 0 amide bonds. The van der Waals surface area contributed by atoms with Crippen LogP contribution < -0.4 is 11.1 Å². The van der Waals surface area contributed by atoms with Gasteiger partial charge >= 0.3 is 5.76 Å². The van der Waals surface area contributed by atoms with E-state index in [2.05, 4.69) is 5.32 Å². The fourth-order valence-corrected chi connectivity index (χ4v) is 2.19. The number of benzene rings is 1. The third-order valence-corrected chi connectivity index (χ3v) is 4.18. The first-order valence-electron chi connectivity index (χ1n) is 5.99. The summed E-state index contributed by atoms with van der Waals surface area (Å²) in [7, 11) is -4.51. The Kier molecular flexibility index (Phi) is 5.68. The molecule has 0 saturated carbocycles. The van der Waals surface area contributed by atoms with E-state index in [-0.39, 0.29) is 10.9 Å². The molecule has 0 aliphatic carbocycles. The van der Waals surface area contributed by atoms with Crippen molar-refractivity contribution < 1.29 is 17.2 Å². The van der Waals surface area contributed by atoms with Gasteiger partial charge in [0, 0.05) is 18.3 Å². The number of nitrogens with two attached hydrogens (primary N) is 1. The predicted octanol–water partition coefficient (Wildman–Crippen LogP) is 2.22. The van der Waals surface area contributed by atoms with E-state index in [1.807, 2.05) is 6.92 Å². The van der Waals surface area contributed by atoms with Crippen LogP contribution in [0.25, 0.3) is 0 Å². The minimum atomic E-state index is -4.51. The molecule has 0 spiro atoms. The van der Waals surface area contributed by atoms with Crippen molar-refractivity contribution in [3.63, 3.8) is 0 Å². The Morgan fingerprint density at radius 2 is 1.84 bits per heavy atom. The minimum absolute atomic E-state index is 0.117. The highest BCUT2D eigenvalue weighted by atomic mass is 32.2. The fraction of sp³-hybridized carbons (Fsp3) is 0.500. The summed E-state index contributed by atoms with van der Waals surface area (Å²) in [5, 5.41) is 3.06. The lowest BCUT2D eigenvalue weighted by Crippen LogP contribution is -2.22. The molecule has 0 saturated heterocycles. The monoisotopic (exact) mass is 292 g/mol. The predicted molar refractivity (Wildman–Crippen MR) is 71.0 cm³/mol. The number of rotatable bonds is 7. The van der Waals surface area contributed by atoms with Crippen molar-refractivity contribution in [2.45, 2.75) is 36.5 Å². The molecule has 0 aromatic heterocycles. The molecule has 1 rings (SSSR count). The molecule has 0 radical (unpaired) electrons. The first-order valence-corrected chi connectivity index (χ1v) is 7.54. The van der Waals surface area contributed by atoms with Gasteiger partial charge in [-0.1, -0.05) is 6.92 Å². The second-order valence-corrected chi connectivity index (χ2v) is 6.13. The van der Waals surface area contributed by atoms with Crippen LogP contribution in [0.2, 0.25) is 0 Å². The maximum absolute atomic E-state index is 12.3. The van der Waals surface area contributed by atoms with Gasteiger partial charge in [-0.05, 0) is 37.1 Å². The number of nitrogens with one attached hydrogen (secondary N) is 1. The number of sulfone groups is 1. The van der Waals surface area contributed by atoms with Gasteiger partial charge in [-0.3, -0.25) is 0 Å². The van der Waals surface area contributed by atoms with Crippen molar-refractivity contribution in [2.24, 2.45) is 5.73 Å². The quantitative estimate of drug-likeness (QED) is 0.808. The standard InChI is InChI=1S/C12H18F2N2O2S/c1-2-9(15)7-8-16-10-3-5-11(6-4-10)19(17,18)12(13)14/h3-6,9,12,16H,2,7-8,15H2,1H3. The molecular formula is C12H18F2N2O2S. The molecule has 1 unspecified atom stereocenters. The average Bonchev–Trinajstić information content (AvgIpc) is 2.39. The van der Waals surface area contributed by atoms with Crippen LogP contribution in [0.1, 0.15) is 19.8 Å². The number of hydrogen-bond donors (Lipinski definition) is 2. The van der Waals surface area contributed by atoms with Gasteiger partial charge in [-0.15, -0.1) is 0 Å². The number of halogens is 2. The zero-order chi connectivity index (χ0) is 14.5. The third kappa shape index (κ3) is 4.43. The van der Waals surface area contributed by atoms with Crippen molar-refractivity contribution >= 4 is 15.5 Å². The third-order valence-electron chi connectivity index (χ3n) is 2.79. The Labute approximate surface area is 111 Å². The Balaban J connectivity index is 2.62. The van der Waals surface area contributed by atoms with Crippen molar-refractivity contribution in [1.82, 2.24) is 0 Å². The van der Waals surface area contributed by atoms with Crippen molar-refractivity contribution in [2.75, 3.05) is 11.9 Å². The van der Waals surface area contributed by atoms with Gasteiger partial charge in [-0.2, -0.15) is 8.78 Å². The van der Waals surface area contributed by atoms with Crippen molar-refractivity contribution in [1.29, 1.82) is 0 Å². The van der Waals surface area contributed by atoms with Crippen LogP contribution >= 0.6 is 0 Å². The van der Waals surface area contributed by atoms with Crippen molar-refractivity contribution in [3.05, 3.63) is 24.3 Å². The van der Waals surface area contributed by atoms with Gasteiger partial charge in [0.1, 0.15) is 0 Å². The van der Waals surface area contributed by atoms with E-state index in [0.717, 1.165) is 12.8 Å². The average molecular weight is 292 g/mol. The van der Waals surface area contributed by atoms with Gasteiger partial charge < -0.3 is 11.1 Å². The van der Waals surface area contributed by atoms with Gasteiger partial charge in [0.15, 0.2) is 0 Å². The number of alkyl halides is 2. The zero-order valence-electron chi connectivity index (χ0n) is 10.6. The summed E-state index contributed by atoms with van der Waals surface area (Å²) in [6.45, 7) is 2.64. The molecule has 0 heterocycles. The summed E-state index contributed by atoms with van der Waals surface area (Å²) in [6, 6.07) is 5.39. The zero-order valence-corrected chi connectivity index (χ0v) is 11.5. The summed E-state index contributed by atoms with van der Waals surface area (Å²) < 4.78 is 47.0. The molecule has 0 fully saturated rings. The molecule has 1 aromatic carbocycles. The van der Waals surface area contributed by atoms with Crippen LogP contribution in [0.15, 0.2) is 29.2 Å². The highest BCUT2D eigenvalue weighted by Crippen LogP contribution is 2.20. The molecule has 19 heavy (non-hydrogen) atoms. The second kappa shape index (κ2) is 6.81. The first-order chi connectivity index (χ1) is 8.87. The van der Waals surface area contributed by atoms with Gasteiger partial charge in [0.25, 0.3) is 0 Å². The van der Waals surface area contributed by atoms with E-state index in [9.17, 15) is 17.2 Å². The molecule has 0 bridgehead atoms. The summed E-state index contributed by atoms with van der Waals surface area (Å²) in [5.41, 5.74) is 6.43. The van der Waals surface area contributed by atoms with Crippen LogP contribution in [-0.2, 0) is 9.84 Å². The molecule has 108 valence electrons. The Morgan fingerprint density at radius 1 is 1.26 bits per heavy atom. The van der Waals surface area contributed by atoms with Crippen LogP contribution in [-0.4, -0.2) is 26.8 Å². The smallest absolute Gasteiger partial charge is 0.341 e. The lowest BCUT2D eigenvalue weighted by atomic mass is 10.2. The van der Waals surface area contributed by atoms with Gasteiger partial charge in [0.05, 0.1) is 4.90 Å². The summed E-state index contributed by atoms with van der Waals surface area (Å²) in [6.07, 6.45) is 1.67. The Morgan fingerprint density at radius 3 is 2.32 bits per heavy atom. The van der Waals surface area contributed by atoms with E-state index in [1.165, 1.54) is 24.3 Å². The lowest BCUT2D eigenvalue weighted by molar-refractivity contribution is 0.234. The minimum Gasteiger partial charge on any atom is -0.385 e. The SMILES string of the molecule is CCC(N)CCNc1ccc(S(=O)(=O)C(F)F)cc1. The van der Waals surface area contributed by atoms with Gasteiger partial charge in [-0.25, -0.2) is 8.42 Å². The molecule has 4 nitrogen and oxygen atoms in total. The topological polar surface area (TPSA) is 72.2 Å². The first kappa shape index (κ1) is 15.8. The van der Waals surface area contributed by atoms with E-state index >= 15 is 0 Å².